The number of hydrogen-bond donors (Lipinski definition) is 1. The van der Waals surface area contributed by atoms with Crippen LogP contribution in [-0.4, -0.2) is 25.4 Å². The van der Waals surface area contributed by atoms with Crippen LogP contribution in [0.4, 0.5) is 0 Å². The van der Waals surface area contributed by atoms with E-state index in [1.807, 2.05) is 0 Å². The maximum atomic E-state index is 8.81. The van der Waals surface area contributed by atoms with E-state index in [2.05, 4.69) is 0 Å². The van der Waals surface area contributed by atoms with E-state index >= 15 is 0 Å². The van der Waals surface area contributed by atoms with Crippen LogP contribution in [0.15, 0.2) is 0 Å². The van der Waals surface area contributed by atoms with Crippen LogP contribution in [0.3, 0.4) is 0 Å². The number of aliphatic hydroxyl groups is 1. The molecule has 1 N–H and O–H groups in total. The first-order valence-electron chi connectivity index (χ1n) is 3.96. The Morgan fingerprint density at radius 1 is 1.40 bits per heavy atom. The standard InChI is InChI=1S/C8H16O2/c1-10-6-8-3-2-7(4-8)5-9/h7-9H,2-6H2,1H3. The quantitative estimate of drug-likeness (QED) is 0.641. The topological polar surface area (TPSA) is 29.5 Å². The van der Waals surface area contributed by atoms with Crippen LogP contribution in [0.2, 0.25) is 0 Å². The summed E-state index contributed by atoms with van der Waals surface area (Å²) >= 11 is 0. The minimum atomic E-state index is 0.361. The second kappa shape index (κ2) is 3.94. The zero-order chi connectivity index (χ0) is 7.40. The second-order valence-electron chi connectivity index (χ2n) is 3.18. The van der Waals surface area contributed by atoms with Crippen molar-refractivity contribution >= 4 is 0 Å². The molecule has 60 valence electrons. The SMILES string of the molecule is COCC1CCC(CO)C1. The van der Waals surface area contributed by atoms with Crippen molar-refractivity contribution in [2.75, 3.05) is 20.3 Å². The summed E-state index contributed by atoms with van der Waals surface area (Å²) in [5, 5.41) is 8.81. The summed E-state index contributed by atoms with van der Waals surface area (Å²) in [7, 11) is 1.74. The molecule has 2 unspecified atom stereocenters. The summed E-state index contributed by atoms with van der Waals surface area (Å²) in [6, 6.07) is 0. The molecule has 0 bridgehead atoms. The third-order valence-corrected chi connectivity index (χ3v) is 2.31. The predicted octanol–water partition coefficient (Wildman–Crippen LogP) is 1.04. The minimum absolute atomic E-state index is 0.361. The fourth-order valence-corrected chi connectivity index (χ4v) is 1.73. The molecule has 0 aromatic rings. The molecule has 1 saturated carbocycles. The Labute approximate surface area is 62.2 Å². The summed E-state index contributed by atoms with van der Waals surface area (Å²) in [5.74, 6) is 1.27. The largest absolute Gasteiger partial charge is 0.396 e. The molecule has 1 aliphatic carbocycles. The number of methoxy groups -OCH3 is 1. The molecular formula is C8H16O2. The highest BCUT2D eigenvalue weighted by Crippen LogP contribution is 2.30. The molecule has 1 fully saturated rings. The lowest BCUT2D eigenvalue weighted by atomic mass is 10.1. The highest BCUT2D eigenvalue weighted by Gasteiger charge is 2.23. The van der Waals surface area contributed by atoms with E-state index in [4.69, 9.17) is 9.84 Å². The van der Waals surface area contributed by atoms with E-state index < -0.39 is 0 Å². The Morgan fingerprint density at radius 3 is 2.60 bits per heavy atom. The average molecular weight is 144 g/mol. The lowest BCUT2D eigenvalue weighted by Gasteiger charge is -2.07. The van der Waals surface area contributed by atoms with E-state index in [0.717, 1.165) is 13.0 Å². The van der Waals surface area contributed by atoms with Crippen molar-refractivity contribution in [3.8, 4) is 0 Å². The van der Waals surface area contributed by atoms with Gasteiger partial charge in [-0.3, -0.25) is 0 Å². The Bertz CT molecular complexity index is 93.3. The second-order valence-corrected chi connectivity index (χ2v) is 3.18. The van der Waals surface area contributed by atoms with Crippen LogP contribution in [0, 0.1) is 11.8 Å². The van der Waals surface area contributed by atoms with Crippen LogP contribution in [-0.2, 0) is 4.74 Å². The summed E-state index contributed by atoms with van der Waals surface area (Å²) < 4.78 is 5.04. The Kier molecular flexibility index (Phi) is 3.16. The maximum Gasteiger partial charge on any atom is 0.0490 e. The fraction of sp³-hybridized carbons (Fsp3) is 1.00. The Hall–Kier alpha value is -0.0800. The molecule has 0 heterocycles. The zero-order valence-corrected chi connectivity index (χ0v) is 6.55. The third kappa shape index (κ3) is 1.96. The molecule has 0 amide bonds. The molecule has 0 saturated heterocycles. The van der Waals surface area contributed by atoms with Crippen molar-refractivity contribution in [1.82, 2.24) is 0 Å². The number of rotatable bonds is 3. The van der Waals surface area contributed by atoms with Crippen LogP contribution < -0.4 is 0 Å². The molecule has 0 aromatic heterocycles. The number of aliphatic hydroxyl groups excluding tert-OH is 1. The van der Waals surface area contributed by atoms with Crippen molar-refractivity contribution in [3.63, 3.8) is 0 Å². The molecule has 2 nitrogen and oxygen atoms in total. The van der Waals surface area contributed by atoms with Gasteiger partial charge in [-0.25, -0.2) is 0 Å². The normalized spacial score (nSPS) is 33.0. The van der Waals surface area contributed by atoms with E-state index in [1.54, 1.807) is 7.11 Å². The van der Waals surface area contributed by atoms with Gasteiger partial charge < -0.3 is 9.84 Å². The molecule has 1 aliphatic rings. The minimum Gasteiger partial charge on any atom is -0.396 e. The van der Waals surface area contributed by atoms with Gasteiger partial charge in [-0.05, 0) is 31.1 Å². The third-order valence-electron chi connectivity index (χ3n) is 2.31. The van der Waals surface area contributed by atoms with Crippen LogP contribution in [0.5, 0.6) is 0 Å². The highest BCUT2D eigenvalue weighted by atomic mass is 16.5. The van der Waals surface area contributed by atoms with E-state index in [1.165, 1.54) is 12.8 Å². The van der Waals surface area contributed by atoms with E-state index in [-0.39, 0.29) is 0 Å². The molecule has 10 heavy (non-hydrogen) atoms. The van der Waals surface area contributed by atoms with Crippen molar-refractivity contribution < 1.29 is 9.84 Å². The molecule has 0 aromatic carbocycles. The van der Waals surface area contributed by atoms with Gasteiger partial charge in [0.25, 0.3) is 0 Å². The van der Waals surface area contributed by atoms with Gasteiger partial charge >= 0.3 is 0 Å². The molecule has 1 rings (SSSR count). The van der Waals surface area contributed by atoms with Crippen LogP contribution in [0.1, 0.15) is 19.3 Å². The van der Waals surface area contributed by atoms with Gasteiger partial charge in [0.05, 0.1) is 0 Å². The maximum absolute atomic E-state index is 8.81. The van der Waals surface area contributed by atoms with Gasteiger partial charge in [0.1, 0.15) is 0 Å². The van der Waals surface area contributed by atoms with Crippen LogP contribution >= 0.6 is 0 Å². The first-order valence-corrected chi connectivity index (χ1v) is 3.96. The predicted molar refractivity (Wildman–Crippen MR) is 39.8 cm³/mol. The summed E-state index contributed by atoms with van der Waals surface area (Å²) in [5.41, 5.74) is 0. The van der Waals surface area contributed by atoms with Gasteiger partial charge in [0.15, 0.2) is 0 Å². The lowest BCUT2D eigenvalue weighted by Crippen LogP contribution is -2.05. The monoisotopic (exact) mass is 144 g/mol. The smallest absolute Gasteiger partial charge is 0.0490 e. The summed E-state index contributed by atoms with van der Waals surface area (Å²) in [4.78, 5) is 0. The van der Waals surface area contributed by atoms with Gasteiger partial charge in [-0.2, -0.15) is 0 Å². The molecular weight excluding hydrogens is 128 g/mol. The number of hydrogen-bond acceptors (Lipinski definition) is 2. The van der Waals surface area contributed by atoms with Gasteiger partial charge in [0.2, 0.25) is 0 Å². The highest BCUT2D eigenvalue weighted by molar-refractivity contribution is 4.74. The van der Waals surface area contributed by atoms with Crippen LogP contribution in [0.25, 0.3) is 0 Å². The lowest BCUT2D eigenvalue weighted by molar-refractivity contribution is 0.148. The van der Waals surface area contributed by atoms with E-state index in [0.29, 0.717) is 18.4 Å². The van der Waals surface area contributed by atoms with Crippen molar-refractivity contribution in [2.45, 2.75) is 19.3 Å². The molecule has 0 spiro atoms. The van der Waals surface area contributed by atoms with E-state index in [9.17, 15) is 0 Å². The molecule has 0 radical (unpaired) electrons. The summed E-state index contributed by atoms with van der Waals surface area (Å²) in [6.45, 7) is 1.23. The van der Waals surface area contributed by atoms with Crippen molar-refractivity contribution in [3.05, 3.63) is 0 Å². The van der Waals surface area contributed by atoms with Gasteiger partial charge in [0, 0.05) is 20.3 Å². The number of ether oxygens (including phenoxy) is 1. The Morgan fingerprint density at radius 2 is 2.10 bits per heavy atom. The Balaban J connectivity index is 2.15. The zero-order valence-electron chi connectivity index (χ0n) is 6.55. The molecule has 2 heteroatoms. The first-order chi connectivity index (χ1) is 4.86. The van der Waals surface area contributed by atoms with Crippen molar-refractivity contribution in [2.24, 2.45) is 11.8 Å². The first kappa shape index (κ1) is 8.02. The average Bonchev–Trinajstić information content (AvgIpc) is 2.37. The molecule has 0 aliphatic heterocycles. The fourth-order valence-electron chi connectivity index (χ4n) is 1.73. The van der Waals surface area contributed by atoms with Gasteiger partial charge in [-0.15, -0.1) is 0 Å². The summed E-state index contributed by atoms with van der Waals surface area (Å²) in [6.07, 6.45) is 3.58. The van der Waals surface area contributed by atoms with Crippen molar-refractivity contribution in [1.29, 1.82) is 0 Å². The van der Waals surface area contributed by atoms with Gasteiger partial charge in [-0.1, -0.05) is 0 Å². The molecule has 2 atom stereocenters.